The molecule has 36 heavy (non-hydrogen) atoms. The number of aliphatic hydroxyl groups is 1. The maximum absolute atomic E-state index is 13.8. The van der Waals surface area contributed by atoms with Gasteiger partial charge in [0.05, 0.1) is 19.6 Å². The molecule has 0 saturated carbocycles. The lowest BCUT2D eigenvalue weighted by Gasteiger charge is -2.25. The molecule has 1 aromatic heterocycles. The van der Waals surface area contributed by atoms with Crippen molar-refractivity contribution in [2.75, 3.05) is 7.11 Å². The molecule has 1 aliphatic rings. The highest BCUT2D eigenvalue weighted by molar-refractivity contribution is 5.85. The summed E-state index contributed by atoms with van der Waals surface area (Å²) >= 11 is 0. The van der Waals surface area contributed by atoms with Crippen molar-refractivity contribution in [3.8, 4) is 22.6 Å². The predicted molar refractivity (Wildman–Crippen MR) is 135 cm³/mol. The first-order valence-corrected chi connectivity index (χ1v) is 11.9. The van der Waals surface area contributed by atoms with Crippen molar-refractivity contribution in [3.05, 3.63) is 83.4 Å². The highest BCUT2D eigenvalue weighted by Gasteiger charge is 2.26. The number of cyclic esters (lactones) is 1. The fraction of sp³-hybridized carbons (Fsp3) is 0.310. The molecule has 7 heteroatoms. The van der Waals surface area contributed by atoms with Gasteiger partial charge >= 0.3 is 5.97 Å². The standard InChI is InChI=1S/C29H30FNO5/c1-18(2)25-16-26(34-3)29(35-17-19-10-12-31-13-11-19)28(20-4-6-21(30)7-5-20)24(25)9-8-23-14-22(32)15-27(33)36-23/h4-13,16,18,22-23,32H,14-15,17H2,1-3H3/t22-,23-/m1/s1. The van der Waals surface area contributed by atoms with Gasteiger partial charge in [-0.3, -0.25) is 9.78 Å². The number of carbonyl (C=O) groups is 1. The van der Waals surface area contributed by atoms with Crippen molar-refractivity contribution < 1.29 is 28.5 Å². The fourth-order valence-electron chi connectivity index (χ4n) is 4.29. The Morgan fingerprint density at radius 1 is 1.19 bits per heavy atom. The van der Waals surface area contributed by atoms with Crippen molar-refractivity contribution in [3.63, 3.8) is 0 Å². The number of aromatic nitrogens is 1. The van der Waals surface area contributed by atoms with Crippen LogP contribution in [0.5, 0.6) is 11.5 Å². The number of nitrogens with zero attached hydrogens (tertiary/aromatic N) is 1. The van der Waals surface area contributed by atoms with Crippen LogP contribution in [0.15, 0.2) is 60.9 Å². The predicted octanol–water partition coefficient (Wildman–Crippen LogP) is 5.68. The molecule has 1 fully saturated rings. The van der Waals surface area contributed by atoms with Crippen LogP contribution in [-0.4, -0.2) is 35.4 Å². The minimum absolute atomic E-state index is 0.00204. The maximum atomic E-state index is 13.8. The second-order valence-corrected chi connectivity index (χ2v) is 9.07. The zero-order chi connectivity index (χ0) is 25.7. The average molecular weight is 492 g/mol. The largest absolute Gasteiger partial charge is 0.493 e. The second-order valence-electron chi connectivity index (χ2n) is 9.07. The topological polar surface area (TPSA) is 77.9 Å². The van der Waals surface area contributed by atoms with E-state index in [0.29, 0.717) is 17.9 Å². The molecule has 1 aliphatic heterocycles. The van der Waals surface area contributed by atoms with Gasteiger partial charge in [0.15, 0.2) is 11.5 Å². The Balaban J connectivity index is 1.86. The molecule has 0 aliphatic carbocycles. The van der Waals surface area contributed by atoms with Crippen LogP contribution in [0.3, 0.4) is 0 Å². The smallest absolute Gasteiger partial charge is 0.309 e. The molecule has 3 aromatic rings. The van der Waals surface area contributed by atoms with Gasteiger partial charge in [0, 0.05) is 24.4 Å². The maximum Gasteiger partial charge on any atom is 0.309 e. The van der Waals surface area contributed by atoms with Gasteiger partial charge in [0.2, 0.25) is 0 Å². The summed E-state index contributed by atoms with van der Waals surface area (Å²) in [6, 6.07) is 11.9. The lowest BCUT2D eigenvalue weighted by atomic mass is 9.88. The van der Waals surface area contributed by atoms with Gasteiger partial charge in [-0.05, 0) is 64.6 Å². The number of carbonyl (C=O) groups excluding carboxylic acids is 1. The van der Waals surface area contributed by atoms with Gasteiger partial charge in [-0.1, -0.05) is 32.1 Å². The quantitative estimate of drug-likeness (QED) is 0.409. The number of rotatable bonds is 8. The number of methoxy groups -OCH3 is 1. The van der Waals surface area contributed by atoms with E-state index in [9.17, 15) is 14.3 Å². The molecular formula is C29H30FNO5. The first-order chi connectivity index (χ1) is 17.4. The van der Waals surface area contributed by atoms with Crippen LogP contribution in [0.1, 0.15) is 49.3 Å². The number of hydrogen-bond donors (Lipinski definition) is 1. The molecule has 0 bridgehead atoms. The van der Waals surface area contributed by atoms with E-state index in [4.69, 9.17) is 14.2 Å². The number of aliphatic hydroxyl groups excluding tert-OH is 1. The first kappa shape index (κ1) is 25.4. The van der Waals surface area contributed by atoms with Crippen LogP contribution in [-0.2, 0) is 16.1 Å². The summed E-state index contributed by atoms with van der Waals surface area (Å²) in [6.45, 7) is 4.43. The number of halogens is 1. The molecule has 4 rings (SSSR count). The highest BCUT2D eigenvalue weighted by atomic mass is 19.1. The lowest BCUT2D eigenvalue weighted by Crippen LogP contribution is -2.31. The van der Waals surface area contributed by atoms with E-state index in [-0.39, 0.29) is 24.8 Å². The number of esters is 1. The zero-order valence-electron chi connectivity index (χ0n) is 20.6. The third kappa shape index (κ3) is 5.91. The van der Waals surface area contributed by atoms with Crippen molar-refractivity contribution >= 4 is 12.0 Å². The Morgan fingerprint density at radius 3 is 2.56 bits per heavy atom. The molecule has 188 valence electrons. The normalized spacial score (nSPS) is 17.9. The van der Waals surface area contributed by atoms with Crippen molar-refractivity contribution in [2.45, 2.75) is 51.4 Å². The van der Waals surface area contributed by atoms with Crippen molar-refractivity contribution in [2.24, 2.45) is 0 Å². The molecule has 1 saturated heterocycles. The van der Waals surface area contributed by atoms with Crippen LogP contribution >= 0.6 is 0 Å². The summed E-state index contributed by atoms with van der Waals surface area (Å²) in [5, 5.41) is 10.0. The van der Waals surface area contributed by atoms with Crippen LogP contribution in [0, 0.1) is 5.82 Å². The zero-order valence-corrected chi connectivity index (χ0v) is 20.6. The molecule has 0 spiro atoms. The summed E-state index contributed by atoms with van der Waals surface area (Å²) in [7, 11) is 1.59. The molecule has 1 N–H and O–H groups in total. The molecule has 2 aromatic carbocycles. The van der Waals surface area contributed by atoms with Crippen LogP contribution in [0.2, 0.25) is 0 Å². The monoisotopic (exact) mass is 491 g/mol. The molecule has 2 atom stereocenters. The highest BCUT2D eigenvalue weighted by Crippen LogP contribution is 2.45. The molecule has 6 nitrogen and oxygen atoms in total. The van der Waals surface area contributed by atoms with Gasteiger partial charge in [0.1, 0.15) is 18.5 Å². The number of benzene rings is 2. The minimum atomic E-state index is -0.739. The second kappa shape index (κ2) is 11.4. The molecular weight excluding hydrogens is 461 g/mol. The Kier molecular flexibility index (Phi) is 8.00. The summed E-state index contributed by atoms with van der Waals surface area (Å²) in [4.78, 5) is 15.9. The van der Waals surface area contributed by atoms with Gasteiger partial charge in [-0.15, -0.1) is 0 Å². The van der Waals surface area contributed by atoms with Crippen molar-refractivity contribution in [1.29, 1.82) is 0 Å². The fourth-order valence-corrected chi connectivity index (χ4v) is 4.29. The van der Waals surface area contributed by atoms with E-state index in [2.05, 4.69) is 18.8 Å². The van der Waals surface area contributed by atoms with E-state index in [1.807, 2.05) is 24.3 Å². The van der Waals surface area contributed by atoms with Gasteiger partial charge < -0.3 is 19.3 Å². The molecule has 0 unspecified atom stereocenters. The Bertz CT molecular complexity index is 1220. The number of hydrogen-bond acceptors (Lipinski definition) is 6. The summed E-state index contributed by atoms with van der Waals surface area (Å²) in [5.41, 5.74) is 4.26. The van der Waals surface area contributed by atoms with Crippen molar-refractivity contribution in [1.82, 2.24) is 4.98 Å². The van der Waals surface area contributed by atoms with Crippen LogP contribution < -0.4 is 9.47 Å². The van der Waals surface area contributed by atoms with E-state index < -0.39 is 18.2 Å². The van der Waals surface area contributed by atoms with E-state index >= 15 is 0 Å². The summed E-state index contributed by atoms with van der Waals surface area (Å²) in [6.07, 6.45) is 6.11. The SMILES string of the molecule is COc1cc(C(C)C)c(C=C[C@@H]2C[C@@H](O)CC(=O)O2)c(-c2ccc(F)cc2)c1OCc1ccncc1. The van der Waals surface area contributed by atoms with Crippen LogP contribution in [0.4, 0.5) is 4.39 Å². The summed E-state index contributed by atoms with van der Waals surface area (Å²) < 4.78 is 31.3. The minimum Gasteiger partial charge on any atom is -0.493 e. The van der Waals surface area contributed by atoms with Gasteiger partial charge in [-0.2, -0.15) is 0 Å². The average Bonchev–Trinajstić information content (AvgIpc) is 2.86. The molecule has 2 heterocycles. The third-order valence-electron chi connectivity index (χ3n) is 6.09. The lowest BCUT2D eigenvalue weighted by molar-refractivity contribution is -0.156. The Morgan fingerprint density at radius 2 is 1.92 bits per heavy atom. The summed E-state index contributed by atoms with van der Waals surface area (Å²) in [5.74, 6) is 0.424. The Hall–Kier alpha value is -3.71. The Labute approximate surface area is 210 Å². The molecule has 0 radical (unpaired) electrons. The third-order valence-corrected chi connectivity index (χ3v) is 6.09. The first-order valence-electron chi connectivity index (χ1n) is 11.9. The number of ether oxygens (including phenoxy) is 3. The van der Waals surface area contributed by atoms with Gasteiger partial charge in [-0.25, -0.2) is 4.39 Å². The van der Waals surface area contributed by atoms with Crippen LogP contribution in [0.25, 0.3) is 17.2 Å². The van der Waals surface area contributed by atoms with Gasteiger partial charge in [0.25, 0.3) is 0 Å². The van der Waals surface area contributed by atoms with E-state index in [1.165, 1.54) is 12.1 Å². The van der Waals surface area contributed by atoms with E-state index in [1.54, 1.807) is 37.7 Å². The van der Waals surface area contributed by atoms with E-state index in [0.717, 1.165) is 27.8 Å². The number of pyridine rings is 1. The molecule has 0 amide bonds.